The van der Waals surface area contributed by atoms with E-state index in [-0.39, 0.29) is 18.0 Å². The molecule has 2 heterocycles. The molecule has 1 N–H and O–H groups in total. The molecular formula is C17H19N3O3. The third-order valence-corrected chi connectivity index (χ3v) is 4.03. The van der Waals surface area contributed by atoms with Gasteiger partial charge < -0.3 is 10.0 Å². The lowest BCUT2D eigenvalue weighted by molar-refractivity contribution is -0.138. The van der Waals surface area contributed by atoms with E-state index in [2.05, 4.69) is 5.10 Å². The van der Waals surface area contributed by atoms with E-state index in [4.69, 9.17) is 0 Å². The molecule has 0 radical (unpaired) electrons. The van der Waals surface area contributed by atoms with Gasteiger partial charge in [0.1, 0.15) is 5.92 Å². The molecule has 0 saturated carbocycles. The van der Waals surface area contributed by atoms with Crippen molar-refractivity contribution >= 4 is 17.6 Å². The second kappa shape index (κ2) is 5.22. The molecule has 1 aliphatic rings. The normalized spacial score (nSPS) is 17.2. The Hall–Kier alpha value is -2.63. The van der Waals surface area contributed by atoms with Gasteiger partial charge in [-0.05, 0) is 32.4 Å². The summed E-state index contributed by atoms with van der Waals surface area (Å²) < 4.78 is 1.73. The van der Waals surface area contributed by atoms with E-state index in [9.17, 15) is 14.7 Å². The molecular weight excluding hydrogens is 294 g/mol. The summed E-state index contributed by atoms with van der Waals surface area (Å²) in [5.41, 5.74) is 1.58. The Balaban J connectivity index is 1.95. The van der Waals surface area contributed by atoms with Gasteiger partial charge in [0, 0.05) is 18.4 Å². The van der Waals surface area contributed by atoms with E-state index in [1.807, 2.05) is 26.8 Å². The Morgan fingerprint density at radius 3 is 2.57 bits per heavy atom. The van der Waals surface area contributed by atoms with Gasteiger partial charge in [0.2, 0.25) is 0 Å². The van der Waals surface area contributed by atoms with Crippen molar-refractivity contribution in [3.63, 3.8) is 0 Å². The zero-order valence-electron chi connectivity index (χ0n) is 13.4. The minimum atomic E-state index is -0.918. The topological polar surface area (TPSA) is 75.4 Å². The predicted molar refractivity (Wildman–Crippen MR) is 85.7 cm³/mol. The Morgan fingerprint density at radius 2 is 1.96 bits per heavy atom. The number of hydrogen-bond donors (Lipinski definition) is 1. The smallest absolute Gasteiger partial charge is 0.312 e. The summed E-state index contributed by atoms with van der Waals surface area (Å²) in [6.45, 7) is 6.15. The molecule has 1 aromatic carbocycles. The van der Waals surface area contributed by atoms with E-state index in [0.29, 0.717) is 16.8 Å². The first kappa shape index (κ1) is 15.3. The van der Waals surface area contributed by atoms with Crippen LogP contribution in [0.5, 0.6) is 0 Å². The maximum absolute atomic E-state index is 12.8. The van der Waals surface area contributed by atoms with Gasteiger partial charge in [-0.25, -0.2) is 0 Å². The standard InChI is InChI=1S/C17H19N3O3/c1-17(2,3)20-9-11(8-18-20)15(21)19-10-13(16(22)23)12-6-4-5-7-14(12)19/h4-9,13H,10H2,1-3H3,(H,22,23). The van der Waals surface area contributed by atoms with Gasteiger partial charge in [0.15, 0.2) is 0 Å². The number of carboxylic acid groups (broad SMARTS) is 1. The van der Waals surface area contributed by atoms with Crippen molar-refractivity contribution < 1.29 is 14.7 Å². The zero-order chi connectivity index (χ0) is 16.8. The quantitative estimate of drug-likeness (QED) is 0.924. The van der Waals surface area contributed by atoms with E-state index in [1.54, 1.807) is 29.1 Å². The number of para-hydroxylation sites is 1. The lowest BCUT2D eigenvalue weighted by atomic mass is 10.0. The number of fused-ring (bicyclic) bond motifs is 1. The van der Waals surface area contributed by atoms with Crippen LogP contribution in [-0.2, 0) is 10.3 Å². The Bertz CT molecular complexity index is 773. The first-order valence-electron chi connectivity index (χ1n) is 7.48. The number of aromatic nitrogens is 2. The molecule has 3 rings (SSSR count). The van der Waals surface area contributed by atoms with Crippen LogP contribution in [0.25, 0.3) is 0 Å². The number of carbonyl (C=O) groups is 2. The number of amides is 1. The average molecular weight is 313 g/mol. The van der Waals surface area contributed by atoms with Crippen molar-refractivity contribution in [2.75, 3.05) is 11.4 Å². The number of nitrogens with zero attached hydrogens (tertiary/aromatic N) is 3. The van der Waals surface area contributed by atoms with Crippen molar-refractivity contribution in [2.24, 2.45) is 0 Å². The van der Waals surface area contributed by atoms with Crippen molar-refractivity contribution in [1.29, 1.82) is 0 Å². The highest BCUT2D eigenvalue weighted by Crippen LogP contribution is 2.37. The minimum absolute atomic E-state index is 0.147. The molecule has 0 aliphatic carbocycles. The molecule has 0 spiro atoms. The SMILES string of the molecule is CC(C)(C)n1cc(C(=O)N2CC(C(=O)O)c3ccccc32)cn1. The fourth-order valence-corrected chi connectivity index (χ4v) is 2.77. The predicted octanol–water partition coefficient (Wildman–Crippen LogP) is 2.47. The number of anilines is 1. The molecule has 0 fully saturated rings. The van der Waals surface area contributed by atoms with Crippen molar-refractivity contribution in [3.05, 3.63) is 47.8 Å². The number of rotatable bonds is 2. The fourth-order valence-electron chi connectivity index (χ4n) is 2.77. The number of hydrogen-bond acceptors (Lipinski definition) is 3. The van der Waals surface area contributed by atoms with Crippen LogP contribution in [0, 0.1) is 0 Å². The van der Waals surface area contributed by atoms with E-state index < -0.39 is 11.9 Å². The van der Waals surface area contributed by atoms with Gasteiger partial charge in [0.05, 0.1) is 17.3 Å². The summed E-state index contributed by atoms with van der Waals surface area (Å²) in [4.78, 5) is 25.8. The molecule has 1 unspecified atom stereocenters. The fraction of sp³-hybridized carbons (Fsp3) is 0.353. The van der Waals surface area contributed by atoms with Gasteiger partial charge in [-0.15, -0.1) is 0 Å². The van der Waals surface area contributed by atoms with Crippen LogP contribution in [0.1, 0.15) is 42.6 Å². The average Bonchev–Trinajstić information content (AvgIpc) is 3.11. The van der Waals surface area contributed by atoms with Crippen LogP contribution in [0.2, 0.25) is 0 Å². The Morgan fingerprint density at radius 1 is 1.26 bits per heavy atom. The van der Waals surface area contributed by atoms with E-state index in [1.165, 1.54) is 11.1 Å². The molecule has 120 valence electrons. The van der Waals surface area contributed by atoms with Gasteiger partial charge in [0.25, 0.3) is 5.91 Å². The molecule has 2 aromatic rings. The van der Waals surface area contributed by atoms with Crippen LogP contribution < -0.4 is 4.90 Å². The highest BCUT2D eigenvalue weighted by atomic mass is 16.4. The number of benzene rings is 1. The summed E-state index contributed by atoms with van der Waals surface area (Å²) in [5.74, 6) is -1.83. The second-order valence-electron chi connectivity index (χ2n) is 6.71. The van der Waals surface area contributed by atoms with Gasteiger partial charge in [-0.3, -0.25) is 14.3 Å². The first-order chi connectivity index (χ1) is 10.8. The van der Waals surface area contributed by atoms with Crippen molar-refractivity contribution in [1.82, 2.24) is 9.78 Å². The van der Waals surface area contributed by atoms with E-state index in [0.717, 1.165) is 0 Å². The molecule has 6 heteroatoms. The van der Waals surface area contributed by atoms with Crippen LogP contribution in [0.3, 0.4) is 0 Å². The van der Waals surface area contributed by atoms with Crippen LogP contribution in [0.15, 0.2) is 36.7 Å². The maximum atomic E-state index is 12.8. The highest BCUT2D eigenvalue weighted by Gasteiger charge is 2.37. The molecule has 23 heavy (non-hydrogen) atoms. The van der Waals surface area contributed by atoms with Crippen LogP contribution in [-0.4, -0.2) is 33.3 Å². The van der Waals surface area contributed by atoms with Crippen LogP contribution >= 0.6 is 0 Å². The number of aliphatic carboxylic acids is 1. The molecule has 1 aliphatic heterocycles. The molecule has 1 aromatic heterocycles. The third kappa shape index (κ3) is 2.60. The largest absolute Gasteiger partial charge is 0.481 e. The minimum Gasteiger partial charge on any atom is -0.481 e. The molecule has 1 atom stereocenters. The molecule has 6 nitrogen and oxygen atoms in total. The van der Waals surface area contributed by atoms with Gasteiger partial charge >= 0.3 is 5.97 Å². The van der Waals surface area contributed by atoms with E-state index >= 15 is 0 Å². The summed E-state index contributed by atoms with van der Waals surface area (Å²) in [6, 6.07) is 7.15. The number of carbonyl (C=O) groups excluding carboxylic acids is 1. The lowest BCUT2D eigenvalue weighted by Gasteiger charge is -2.19. The van der Waals surface area contributed by atoms with Crippen LogP contribution in [0.4, 0.5) is 5.69 Å². The molecule has 0 bridgehead atoms. The summed E-state index contributed by atoms with van der Waals surface area (Å²) >= 11 is 0. The maximum Gasteiger partial charge on any atom is 0.312 e. The lowest BCUT2D eigenvalue weighted by Crippen LogP contribution is -2.31. The van der Waals surface area contributed by atoms with Crippen molar-refractivity contribution in [2.45, 2.75) is 32.2 Å². The Labute approximate surface area is 134 Å². The molecule has 1 amide bonds. The zero-order valence-corrected chi connectivity index (χ0v) is 13.4. The van der Waals surface area contributed by atoms with Crippen molar-refractivity contribution in [3.8, 4) is 0 Å². The van der Waals surface area contributed by atoms with Gasteiger partial charge in [-0.2, -0.15) is 5.10 Å². The highest BCUT2D eigenvalue weighted by molar-refractivity contribution is 6.08. The first-order valence-corrected chi connectivity index (χ1v) is 7.48. The monoisotopic (exact) mass is 313 g/mol. The summed E-state index contributed by atoms with van der Waals surface area (Å²) in [5, 5.41) is 13.6. The summed E-state index contributed by atoms with van der Waals surface area (Å²) in [7, 11) is 0. The number of carboxylic acids is 1. The van der Waals surface area contributed by atoms with Gasteiger partial charge in [-0.1, -0.05) is 18.2 Å². The Kier molecular flexibility index (Phi) is 3.47. The molecule has 0 saturated heterocycles. The second-order valence-corrected chi connectivity index (χ2v) is 6.71. The summed E-state index contributed by atoms with van der Waals surface area (Å²) in [6.07, 6.45) is 3.24. The third-order valence-electron chi connectivity index (χ3n) is 4.03.